The molecule has 0 aliphatic heterocycles. The number of amides is 1. The van der Waals surface area contributed by atoms with Crippen LogP contribution >= 0.6 is 0 Å². The maximum Gasteiger partial charge on any atom is 0.407 e. The Hall–Kier alpha value is -2.06. The summed E-state index contributed by atoms with van der Waals surface area (Å²) < 4.78 is 5.19. The van der Waals surface area contributed by atoms with Gasteiger partial charge in [0.1, 0.15) is 5.60 Å². The van der Waals surface area contributed by atoms with Gasteiger partial charge in [-0.3, -0.25) is 5.32 Å². The summed E-state index contributed by atoms with van der Waals surface area (Å²) in [6, 6.07) is 12.2. The molecular formula is C17H25N3O2. The minimum Gasteiger partial charge on any atom is -0.444 e. The van der Waals surface area contributed by atoms with Crippen molar-refractivity contribution in [3.05, 3.63) is 35.9 Å². The van der Waals surface area contributed by atoms with Crippen LogP contribution in [-0.2, 0) is 4.74 Å². The van der Waals surface area contributed by atoms with Crippen LogP contribution in [0.15, 0.2) is 30.3 Å². The van der Waals surface area contributed by atoms with Crippen LogP contribution in [0.2, 0.25) is 0 Å². The molecule has 0 fully saturated rings. The maximum atomic E-state index is 11.6. The number of hydrogen-bond donors (Lipinski definition) is 2. The first-order valence-corrected chi connectivity index (χ1v) is 7.54. The van der Waals surface area contributed by atoms with E-state index in [1.165, 1.54) is 0 Å². The summed E-state index contributed by atoms with van der Waals surface area (Å²) in [5.74, 6) is 0. The molecule has 0 heterocycles. The van der Waals surface area contributed by atoms with E-state index in [9.17, 15) is 4.79 Å². The van der Waals surface area contributed by atoms with E-state index < -0.39 is 11.7 Å². The van der Waals surface area contributed by atoms with Gasteiger partial charge >= 0.3 is 6.09 Å². The molecule has 0 spiro atoms. The third kappa shape index (κ3) is 7.65. The predicted octanol–water partition coefficient (Wildman–Crippen LogP) is 3.15. The summed E-state index contributed by atoms with van der Waals surface area (Å²) in [6.07, 6.45) is 1.24. The average Bonchev–Trinajstić information content (AvgIpc) is 2.45. The van der Waals surface area contributed by atoms with Gasteiger partial charge in [0.25, 0.3) is 0 Å². The van der Waals surface area contributed by atoms with Gasteiger partial charge in [-0.2, -0.15) is 5.26 Å². The first-order chi connectivity index (χ1) is 10.4. The Morgan fingerprint density at radius 3 is 2.59 bits per heavy atom. The molecule has 1 rings (SSSR count). The molecule has 5 nitrogen and oxygen atoms in total. The highest BCUT2D eigenvalue weighted by Crippen LogP contribution is 2.17. The van der Waals surface area contributed by atoms with Crippen molar-refractivity contribution in [3.63, 3.8) is 0 Å². The second kappa shape index (κ2) is 9.06. The van der Waals surface area contributed by atoms with Gasteiger partial charge in [-0.25, -0.2) is 4.79 Å². The number of alkyl carbamates (subject to hydrolysis) is 1. The van der Waals surface area contributed by atoms with Crippen molar-refractivity contribution >= 4 is 6.09 Å². The van der Waals surface area contributed by atoms with Crippen molar-refractivity contribution in [1.29, 1.82) is 5.26 Å². The lowest BCUT2D eigenvalue weighted by Crippen LogP contribution is -2.33. The Bertz CT molecular complexity index is 489. The van der Waals surface area contributed by atoms with Crippen LogP contribution in [0.3, 0.4) is 0 Å². The molecule has 0 aliphatic carbocycles. The van der Waals surface area contributed by atoms with Gasteiger partial charge in [0.15, 0.2) is 0 Å². The van der Waals surface area contributed by atoms with E-state index in [4.69, 9.17) is 10.00 Å². The standard InChI is InChI=1S/C17H25N3O2/c1-17(2,3)22-16(21)20-12-7-10-15(19-13-11-18)14-8-5-4-6-9-14/h4-6,8-9,15,19H,7,10,12-13H2,1-3H3,(H,20,21)/t15-/m1/s1. The first-order valence-electron chi connectivity index (χ1n) is 7.54. The molecule has 0 aliphatic rings. The van der Waals surface area contributed by atoms with Crippen molar-refractivity contribution < 1.29 is 9.53 Å². The van der Waals surface area contributed by atoms with E-state index in [-0.39, 0.29) is 6.04 Å². The Balaban J connectivity index is 2.38. The molecule has 22 heavy (non-hydrogen) atoms. The Morgan fingerprint density at radius 1 is 1.32 bits per heavy atom. The lowest BCUT2D eigenvalue weighted by Gasteiger charge is -2.20. The number of ether oxygens (including phenoxy) is 1. The molecule has 0 aromatic heterocycles. The zero-order chi connectivity index (χ0) is 16.4. The second-order valence-electron chi connectivity index (χ2n) is 6.07. The van der Waals surface area contributed by atoms with E-state index >= 15 is 0 Å². The summed E-state index contributed by atoms with van der Waals surface area (Å²) in [7, 11) is 0. The number of benzene rings is 1. The Morgan fingerprint density at radius 2 is 2.00 bits per heavy atom. The van der Waals surface area contributed by atoms with Gasteiger partial charge in [-0.1, -0.05) is 30.3 Å². The van der Waals surface area contributed by atoms with Gasteiger partial charge in [-0.05, 0) is 39.2 Å². The minimum absolute atomic E-state index is 0.112. The molecule has 1 atom stereocenters. The molecule has 0 saturated heterocycles. The molecule has 1 aromatic rings. The number of carbonyl (C=O) groups excluding carboxylic acids is 1. The zero-order valence-corrected chi connectivity index (χ0v) is 13.6. The van der Waals surface area contributed by atoms with Crippen LogP contribution in [0.25, 0.3) is 0 Å². The molecule has 2 N–H and O–H groups in total. The number of carbonyl (C=O) groups is 1. The van der Waals surface area contributed by atoms with Crippen LogP contribution < -0.4 is 10.6 Å². The van der Waals surface area contributed by atoms with E-state index in [2.05, 4.69) is 16.7 Å². The molecule has 120 valence electrons. The molecule has 0 unspecified atom stereocenters. The van der Waals surface area contributed by atoms with Crippen molar-refractivity contribution in [3.8, 4) is 6.07 Å². The van der Waals surface area contributed by atoms with Crippen LogP contribution in [0.1, 0.15) is 45.2 Å². The van der Waals surface area contributed by atoms with Crippen LogP contribution in [0.5, 0.6) is 0 Å². The van der Waals surface area contributed by atoms with Gasteiger partial charge in [0, 0.05) is 12.6 Å². The zero-order valence-electron chi connectivity index (χ0n) is 13.6. The van der Waals surface area contributed by atoms with E-state index in [0.29, 0.717) is 13.1 Å². The number of rotatable bonds is 7. The molecule has 0 saturated carbocycles. The third-order valence-electron chi connectivity index (χ3n) is 2.97. The van der Waals surface area contributed by atoms with Gasteiger partial charge in [-0.15, -0.1) is 0 Å². The molecule has 0 bridgehead atoms. The summed E-state index contributed by atoms with van der Waals surface area (Å²) in [6.45, 7) is 6.36. The highest BCUT2D eigenvalue weighted by Gasteiger charge is 2.16. The lowest BCUT2D eigenvalue weighted by atomic mass is 10.0. The normalized spacial score (nSPS) is 12.3. The monoisotopic (exact) mass is 303 g/mol. The van der Waals surface area contributed by atoms with Gasteiger partial charge in [0.05, 0.1) is 12.6 Å². The lowest BCUT2D eigenvalue weighted by molar-refractivity contribution is 0.0526. The summed E-state index contributed by atoms with van der Waals surface area (Å²) in [4.78, 5) is 11.6. The van der Waals surface area contributed by atoms with Crippen LogP contribution in [0, 0.1) is 11.3 Å². The van der Waals surface area contributed by atoms with E-state index in [1.54, 1.807) is 0 Å². The van der Waals surface area contributed by atoms with Crippen molar-refractivity contribution in [1.82, 2.24) is 10.6 Å². The highest BCUT2D eigenvalue weighted by atomic mass is 16.6. The van der Waals surface area contributed by atoms with Crippen molar-refractivity contribution in [2.24, 2.45) is 0 Å². The smallest absolute Gasteiger partial charge is 0.407 e. The van der Waals surface area contributed by atoms with Crippen LogP contribution in [-0.4, -0.2) is 24.8 Å². The fourth-order valence-corrected chi connectivity index (χ4v) is 2.05. The molecule has 5 heteroatoms. The van der Waals surface area contributed by atoms with Crippen molar-refractivity contribution in [2.75, 3.05) is 13.1 Å². The van der Waals surface area contributed by atoms with Gasteiger partial charge < -0.3 is 10.1 Å². The predicted molar refractivity (Wildman–Crippen MR) is 86.3 cm³/mol. The number of nitrogens with zero attached hydrogens (tertiary/aromatic N) is 1. The van der Waals surface area contributed by atoms with Gasteiger partial charge in [0.2, 0.25) is 0 Å². The van der Waals surface area contributed by atoms with Crippen molar-refractivity contribution in [2.45, 2.75) is 45.3 Å². The third-order valence-corrected chi connectivity index (χ3v) is 2.97. The molecule has 1 amide bonds. The molecule has 0 radical (unpaired) electrons. The summed E-state index contributed by atoms with van der Waals surface area (Å²) in [5, 5.41) is 14.7. The number of nitrogens with one attached hydrogen (secondary N) is 2. The quantitative estimate of drug-likeness (QED) is 0.599. The molecule has 1 aromatic carbocycles. The Kier molecular flexibility index (Phi) is 7.41. The number of nitriles is 1. The minimum atomic E-state index is -0.481. The first kappa shape index (κ1) is 18.0. The fraction of sp³-hybridized carbons (Fsp3) is 0.529. The topological polar surface area (TPSA) is 74.2 Å². The van der Waals surface area contributed by atoms with Crippen LogP contribution in [0.4, 0.5) is 4.79 Å². The number of hydrogen-bond acceptors (Lipinski definition) is 4. The highest BCUT2D eigenvalue weighted by molar-refractivity contribution is 5.67. The molecular weight excluding hydrogens is 278 g/mol. The SMILES string of the molecule is CC(C)(C)OC(=O)NCCC[C@@H](NCC#N)c1ccccc1. The fourth-order valence-electron chi connectivity index (χ4n) is 2.05. The van der Waals surface area contributed by atoms with E-state index in [0.717, 1.165) is 18.4 Å². The second-order valence-corrected chi connectivity index (χ2v) is 6.07. The summed E-state index contributed by atoms with van der Waals surface area (Å²) >= 11 is 0. The summed E-state index contributed by atoms with van der Waals surface area (Å²) in [5.41, 5.74) is 0.667. The average molecular weight is 303 g/mol. The Labute approximate surface area is 132 Å². The largest absolute Gasteiger partial charge is 0.444 e. The van der Waals surface area contributed by atoms with E-state index in [1.807, 2.05) is 51.1 Å². The maximum absolute atomic E-state index is 11.6.